The van der Waals surface area contributed by atoms with Gasteiger partial charge >= 0.3 is 0 Å². The summed E-state index contributed by atoms with van der Waals surface area (Å²) in [7, 11) is -3.27. The van der Waals surface area contributed by atoms with Gasteiger partial charge in [0.2, 0.25) is 0 Å². The van der Waals surface area contributed by atoms with Crippen LogP contribution in [0.4, 0.5) is 0 Å². The maximum absolute atomic E-state index is 12.0. The van der Waals surface area contributed by atoms with Gasteiger partial charge in [-0.15, -0.1) is 12.4 Å². The molecule has 7 heteroatoms. The van der Waals surface area contributed by atoms with Gasteiger partial charge in [-0.05, 0) is 31.8 Å². The molecule has 96 valence electrons. The minimum absolute atomic E-state index is 0. The summed E-state index contributed by atoms with van der Waals surface area (Å²) in [6.07, 6.45) is 6.20. The first-order chi connectivity index (χ1) is 7.68. The fraction of sp³-hybridized carbons (Fsp3) is 0.600. The van der Waals surface area contributed by atoms with E-state index in [4.69, 9.17) is 0 Å². The van der Waals surface area contributed by atoms with Crippen molar-refractivity contribution in [3.8, 4) is 0 Å². The third-order valence-corrected chi connectivity index (χ3v) is 4.47. The van der Waals surface area contributed by atoms with E-state index in [-0.39, 0.29) is 29.1 Å². The molecule has 1 fully saturated rings. The van der Waals surface area contributed by atoms with Crippen LogP contribution < -0.4 is 5.32 Å². The van der Waals surface area contributed by atoms with E-state index in [9.17, 15) is 8.42 Å². The lowest BCUT2D eigenvalue weighted by Gasteiger charge is -2.22. The van der Waals surface area contributed by atoms with Crippen molar-refractivity contribution in [2.24, 2.45) is 5.92 Å². The molecule has 1 N–H and O–H groups in total. The number of aromatic nitrogens is 2. The average molecular weight is 278 g/mol. The first-order valence-electron chi connectivity index (χ1n) is 5.38. The van der Waals surface area contributed by atoms with Crippen LogP contribution >= 0.6 is 12.4 Å². The van der Waals surface area contributed by atoms with Crippen molar-refractivity contribution < 1.29 is 8.42 Å². The molecule has 1 atom stereocenters. The van der Waals surface area contributed by atoms with Crippen LogP contribution in [0.1, 0.15) is 12.8 Å². The lowest BCUT2D eigenvalue weighted by molar-refractivity contribution is 0.403. The van der Waals surface area contributed by atoms with Crippen LogP contribution in [0.5, 0.6) is 0 Å². The van der Waals surface area contributed by atoms with Gasteiger partial charge in [0.1, 0.15) is 0 Å². The molecule has 0 aromatic carbocycles. The summed E-state index contributed by atoms with van der Waals surface area (Å²) < 4.78 is 23.9. The number of piperidine rings is 1. The molecule has 2 heterocycles. The van der Waals surface area contributed by atoms with Gasteiger partial charge in [0.05, 0.1) is 11.9 Å². The maximum atomic E-state index is 12.0. The zero-order valence-corrected chi connectivity index (χ0v) is 11.0. The molecule has 0 bridgehead atoms. The van der Waals surface area contributed by atoms with Crippen molar-refractivity contribution in [3.05, 3.63) is 18.6 Å². The number of halogens is 1. The lowest BCUT2D eigenvalue weighted by Crippen LogP contribution is -2.34. The van der Waals surface area contributed by atoms with Crippen LogP contribution in [0.2, 0.25) is 0 Å². The molecule has 1 aliphatic rings. The number of rotatable bonds is 3. The van der Waals surface area contributed by atoms with Gasteiger partial charge < -0.3 is 5.32 Å². The highest BCUT2D eigenvalue weighted by Gasteiger charge is 2.23. The zero-order chi connectivity index (χ0) is 11.4. The van der Waals surface area contributed by atoms with Gasteiger partial charge in [0.25, 0.3) is 0 Å². The quantitative estimate of drug-likeness (QED) is 0.879. The Kier molecular flexibility index (Phi) is 5.30. The molecule has 1 aromatic heterocycles. The van der Waals surface area contributed by atoms with Crippen molar-refractivity contribution in [3.63, 3.8) is 0 Å². The number of hydrogen-bond acceptors (Lipinski definition) is 5. The lowest BCUT2D eigenvalue weighted by atomic mass is 10.0. The summed E-state index contributed by atoms with van der Waals surface area (Å²) in [5.41, 5.74) is 0. The predicted octanol–water partition coefficient (Wildman–Crippen LogP) is 0.672. The topological polar surface area (TPSA) is 72.0 Å². The van der Waals surface area contributed by atoms with Crippen molar-refractivity contribution in [1.29, 1.82) is 0 Å². The molecule has 17 heavy (non-hydrogen) atoms. The summed E-state index contributed by atoms with van der Waals surface area (Å²) in [4.78, 5) is 7.63. The molecule has 1 unspecified atom stereocenters. The Morgan fingerprint density at radius 1 is 1.41 bits per heavy atom. The molecular formula is C10H16ClN3O2S. The number of nitrogens with one attached hydrogen (secondary N) is 1. The molecule has 0 amide bonds. The summed E-state index contributed by atoms with van der Waals surface area (Å²) in [6.45, 7) is 1.77. The number of nitrogens with zero attached hydrogens (tertiary/aromatic N) is 2. The minimum atomic E-state index is -3.27. The minimum Gasteiger partial charge on any atom is -0.316 e. The molecule has 0 aliphatic carbocycles. The van der Waals surface area contributed by atoms with E-state index < -0.39 is 9.84 Å². The van der Waals surface area contributed by atoms with Crippen molar-refractivity contribution >= 4 is 22.2 Å². The standard InChI is InChI=1S/C10H15N3O2S.ClH/c14-16(15,10-7-12-4-5-13-10)8-9-2-1-3-11-6-9;/h4-5,7,9,11H,1-3,6,8H2;1H. The van der Waals surface area contributed by atoms with E-state index in [1.807, 2.05) is 0 Å². The van der Waals surface area contributed by atoms with Crippen LogP contribution in [0.3, 0.4) is 0 Å². The smallest absolute Gasteiger partial charge is 0.197 e. The third kappa shape index (κ3) is 3.90. The first kappa shape index (κ1) is 14.3. The van der Waals surface area contributed by atoms with Gasteiger partial charge in [0, 0.05) is 12.4 Å². The molecule has 5 nitrogen and oxygen atoms in total. The molecule has 2 rings (SSSR count). The van der Waals surface area contributed by atoms with E-state index in [2.05, 4.69) is 15.3 Å². The molecular weight excluding hydrogens is 262 g/mol. The van der Waals surface area contributed by atoms with Gasteiger partial charge in [-0.1, -0.05) is 0 Å². The molecule has 0 spiro atoms. The number of sulfone groups is 1. The third-order valence-electron chi connectivity index (χ3n) is 2.71. The molecule has 1 aliphatic heterocycles. The number of hydrogen-bond donors (Lipinski definition) is 1. The van der Waals surface area contributed by atoms with Gasteiger partial charge in [0.15, 0.2) is 14.9 Å². The van der Waals surface area contributed by atoms with E-state index in [0.717, 1.165) is 25.9 Å². The highest BCUT2D eigenvalue weighted by atomic mass is 35.5. The van der Waals surface area contributed by atoms with Crippen LogP contribution in [0.25, 0.3) is 0 Å². The van der Waals surface area contributed by atoms with E-state index in [1.165, 1.54) is 18.6 Å². The highest BCUT2D eigenvalue weighted by molar-refractivity contribution is 7.91. The Bertz CT molecular complexity index is 432. The predicted molar refractivity (Wildman–Crippen MR) is 66.9 cm³/mol. The Labute approximate surface area is 107 Å². The van der Waals surface area contributed by atoms with Crippen LogP contribution in [-0.2, 0) is 9.84 Å². The largest absolute Gasteiger partial charge is 0.316 e. The van der Waals surface area contributed by atoms with Crippen molar-refractivity contribution in [1.82, 2.24) is 15.3 Å². The van der Waals surface area contributed by atoms with Gasteiger partial charge in [-0.2, -0.15) is 0 Å². The Hall–Kier alpha value is -0.720. The molecule has 1 saturated heterocycles. The fourth-order valence-electron chi connectivity index (χ4n) is 1.91. The Morgan fingerprint density at radius 3 is 2.82 bits per heavy atom. The van der Waals surface area contributed by atoms with Crippen LogP contribution in [0, 0.1) is 5.92 Å². The SMILES string of the molecule is Cl.O=S(=O)(CC1CCCNC1)c1cnccn1. The highest BCUT2D eigenvalue weighted by Crippen LogP contribution is 2.16. The van der Waals surface area contributed by atoms with Gasteiger partial charge in [-0.3, -0.25) is 4.98 Å². The normalized spacial score (nSPS) is 20.6. The van der Waals surface area contributed by atoms with E-state index >= 15 is 0 Å². The van der Waals surface area contributed by atoms with Crippen LogP contribution in [-0.4, -0.2) is 37.2 Å². The summed E-state index contributed by atoms with van der Waals surface area (Å²) in [5.74, 6) is 0.361. The summed E-state index contributed by atoms with van der Waals surface area (Å²) >= 11 is 0. The summed E-state index contributed by atoms with van der Waals surface area (Å²) in [6, 6.07) is 0. The fourth-order valence-corrected chi connectivity index (χ4v) is 3.43. The maximum Gasteiger partial charge on any atom is 0.197 e. The molecule has 0 saturated carbocycles. The van der Waals surface area contributed by atoms with Crippen LogP contribution in [0.15, 0.2) is 23.6 Å². The summed E-state index contributed by atoms with van der Waals surface area (Å²) in [5, 5.41) is 3.29. The second-order valence-electron chi connectivity index (χ2n) is 4.04. The second kappa shape index (κ2) is 6.28. The first-order valence-corrected chi connectivity index (χ1v) is 7.03. The average Bonchev–Trinajstić information content (AvgIpc) is 2.31. The van der Waals surface area contributed by atoms with E-state index in [0.29, 0.717) is 0 Å². The Balaban J connectivity index is 0.00000144. The van der Waals surface area contributed by atoms with Crippen molar-refractivity contribution in [2.45, 2.75) is 17.9 Å². The van der Waals surface area contributed by atoms with E-state index in [1.54, 1.807) is 0 Å². The Morgan fingerprint density at radius 2 is 2.24 bits per heavy atom. The van der Waals surface area contributed by atoms with Gasteiger partial charge in [-0.25, -0.2) is 13.4 Å². The van der Waals surface area contributed by atoms with Crippen molar-refractivity contribution in [2.75, 3.05) is 18.8 Å². The molecule has 1 aromatic rings. The second-order valence-corrected chi connectivity index (χ2v) is 6.02. The monoisotopic (exact) mass is 277 g/mol. The zero-order valence-electron chi connectivity index (χ0n) is 9.37. The molecule has 0 radical (unpaired) electrons.